The van der Waals surface area contributed by atoms with E-state index in [1.807, 2.05) is 25.4 Å². The molecule has 0 atom stereocenters. The Balaban J connectivity index is 1.29. The molecule has 1 aromatic heterocycles. The number of hydrogen-bond donors (Lipinski definition) is 2. The lowest BCUT2D eigenvalue weighted by Gasteiger charge is -2.48. The molecule has 30 heavy (non-hydrogen) atoms. The number of morpholine rings is 1. The first kappa shape index (κ1) is 21.4. The van der Waals surface area contributed by atoms with Crippen molar-refractivity contribution in [3.8, 4) is 5.88 Å². The number of nitrogens with zero attached hydrogens (tertiary/aromatic N) is 3. The standard InChI is InChI=1S/C23H37N5O2/c1-24-22(26-16-20-7-10-25-21(15-20)30-17-19-5-6-19)27-18-23(8-3-2-4-9-23)28-11-13-29-14-12-28/h7,10,15,19H,2-6,8-9,11-14,16-18H2,1H3,(H2,24,26,27). The second-order valence-electron chi connectivity index (χ2n) is 8.92. The normalized spacial score (nSPS) is 22.5. The van der Waals surface area contributed by atoms with E-state index in [2.05, 4.69) is 25.5 Å². The van der Waals surface area contributed by atoms with Crippen LogP contribution in [0.4, 0.5) is 0 Å². The number of pyridine rings is 1. The Morgan fingerprint density at radius 1 is 1.23 bits per heavy atom. The Kier molecular flexibility index (Phi) is 7.44. The molecule has 0 amide bonds. The van der Waals surface area contributed by atoms with Crippen molar-refractivity contribution in [2.45, 2.75) is 57.0 Å². The second-order valence-corrected chi connectivity index (χ2v) is 8.92. The van der Waals surface area contributed by atoms with Crippen LogP contribution in [0.25, 0.3) is 0 Å². The minimum Gasteiger partial charge on any atom is -0.477 e. The maximum absolute atomic E-state index is 5.81. The highest BCUT2D eigenvalue weighted by atomic mass is 16.5. The fourth-order valence-electron chi connectivity index (χ4n) is 4.63. The highest BCUT2D eigenvalue weighted by Crippen LogP contribution is 2.34. The highest BCUT2D eigenvalue weighted by molar-refractivity contribution is 5.79. The molecule has 0 aromatic carbocycles. The van der Waals surface area contributed by atoms with Crippen molar-refractivity contribution in [1.29, 1.82) is 0 Å². The van der Waals surface area contributed by atoms with Gasteiger partial charge in [-0.2, -0.15) is 0 Å². The van der Waals surface area contributed by atoms with Gasteiger partial charge in [0.05, 0.1) is 19.8 Å². The SMILES string of the molecule is CN=C(NCc1ccnc(OCC2CC2)c1)NCC1(N2CCOCC2)CCCCC1. The van der Waals surface area contributed by atoms with Crippen LogP contribution in [0.3, 0.4) is 0 Å². The molecule has 166 valence electrons. The van der Waals surface area contributed by atoms with Crippen molar-refractivity contribution in [2.24, 2.45) is 10.9 Å². The van der Waals surface area contributed by atoms with Gasteiger partial charge in [0.1, 0.15) is 0 Å². The third kappa shape index (κ3) is 5.85. The summed E-state index contributed by atoms with van der Waals surface area (Å²) in [4.78, 5) is 11.4. The van der Waals surface area contributed by atoms with Crippen molar-refractivity contribution in [2.75, 3.05) is 46.5 Å². The fourth-order valence-corrected chi connectivity index (χ4v) is 4.63. The van der Waals surface area contributed by atoms with Gasteiger partial charge in [-0.05, 0) is 43.2 Å². The zero-order valence-electron chi connectivity index (χ0n) is 18.4. The summed E-state index contributed by atoms with van der Waals surface area (Å²) in [5, 5.41) is 7.08. The van der Waals surface area contributed by atoms with Gasteiger partial charge in [-0.25, -0.2) is 4.98 Å². The van der Waals surface area contributed by atoms with Gasteiger partial charge in [-0.15, -0.1) is 0 Å². The summed E-state index contributed by atoms with van der Waals surface area (Å²) in [5.41, 5.74) is 1.37. The molecule has 1 aromatic rings. The number of ether oxygens (including phenoxy) is 2. The van der Waals surface area contributed by atoms with E-state index < -0.39 is 0 Å². The first-order valence-corrected chi connectivity index (χ1v) is 11.6. The van der Waals surface area contributed by atoms with E-state index >= 15 is 0 Å². The molecule has 1 saturated heterocycles. The smallest absolute Gasteiger partial charge is 0.213 e. The Labute approximate surface area is 180 Å². The van der Waals surface area contributed by atoms with Crippen LogP contribution >= 0.6 is 0 Å². The lowest BCUT2D eigenvalue weighted by molar-refractivity contribution is -0.0352. The Hall–Kier alpha value is -1.86. The zero-order chi connectivity index (χ0) is 20.7. The van der Waals surface area contributed by atoms with E-state index in [-0.39, 0.29) is 5.54 Å². The van der Waals surface area contributed by atoms with E-state index in [1.165, 1.54) is 44.9 Å². The zero-order valence-corrected chi connectivity index (χ0v) is 18.4. The van der Waals surface area contributed by atoms with Crippen molar-refractivity contribution in [1.82, 2.24) is 20.5 Å². The topological polar surface area (TPSA) is 71.0 Å². The molecule has 0 radical (unpaired) electrons. The van der Waals surface area contributed by atoms with E-state index in [0.717, 1.165) is 62.8 Å². The average molecular weight is 416 g/mol. The van der Waals surface area contributed by atoms with Crippen LogP contribution in [0.15, 0.2) is 23.3 Å². The predicted octanol–water partition coefficient (Wildman–Crippen LogP) is 2.57. The van der Waals surface area contributed by atoms with Gasteiger partial charge in [0.15, 0.2) is 5.96 Å². The number of aromatic nitrogens is 1. The summed E-state index contributed by atoms with van der Waals surface area (Å²) in [7, 11) is 1.84. The molecule has 2 N–H and O–H groups in total. The van der Waals surface area contributed by atoms with Gasteiger partial charge >= 0.3 is 0 Å². The van der Waals surface area contributed by atoms with Crippen LogP contribution in [-0.2, 0) is 11.3 Å². The summed E-state index contributed by atoms with van der Waals surface area (Å²) in [6, 6.07) is 4.06. The number of nitrogens with one attached hydrogen (secondary N) is 2. The van der Waals surface area contributed by atoms with Crippen molar-refractivity contribution in [3.05, 3.63) is 23.9 Å². The minimum absolute atomic E-state index is 0.222. The summed E-state index contributed by atoms with van der Waals surface area (Å²) in [6.45, 7) is 6.19. The van der Waals surface area contributed by atoms with Gasteiger partial charge in [-0.3, -0.25) is 9.89 Å². The van der Waals surface area contributed by atoms with Gasteiger partial charge in [0, 0.05) is 51.0 Å². The summed E-state index contributed by atoms with van der Waals surface area (Å²) < 4.78 is 11.4. The highest BCUT2D eigenvalue weighted by Gasteiger charge is 2.38. The Morgan fingerprint density at radius 3 is 2.77 bits per heavy atom. The van der Waals surface area contributed by atoms with Gasteiger partial charge in [0.2, 0.25) is 5.88 Å². The van der Waals surface area contributed by atoms with Gasteiger partial charge in [-0.1, -0.05) is 19.3 Å². The van der Waals surface area contributed by atoms with Crippen LogP contribution in [0.1, 0.15) is 50.5 Å². The van der Waals surface area contributed by atoms with E-state index in [4.69, 9.17) is 9.47 Å². The molecule has 3 aliphatic rings. The molecule has 1 aliphatic heterocycles. The van der Waals surface area contributed by atoms with Gasteiger partial charge < -0.3 is 20.1 Å². The number of aliphatic imine (C=N–C) groups is 1. The Morgan fingerprint density at radius 2 is 2.03 bits per heavy atom. The predicted molar refractivity (Wildman–Crippen MR) is 119 cm³/mol. The van der Waals surface area contributed by atoms with Crippen LogP contribution in [-0.4, -0.2) is 67.9 Å². The molecule has 2 saturated carbocycles. The quantitative estimate of drug-likeness (QED) is 0.502. The van der Waals surface area contributed by atoms with Crippen LogP contribution in [0.2, 0.25) is 0 Å². The molecule has 2 heterocycles. The van der Waals surface area contributed by atoms with E-state index in [0.29, 0.717) is 6.54 Å². The summed E-state index contributed by atoms with van der Waals surface area (Å²) >= 11 is 0. The summed E-state index contributed by atoms with van der Waals surface area (Å²) in [5.74, 6) is 2.30. The van der Waals surface area contributed by atoms with E-state index in [9.17, 15) is 0 Å². The van der Waals surface area contributed by atoms with Crippen molar-refractivity contribution in [3.63, 3.8) is 0 Å². The lowest BCUT2D eigenvalue weighted by atomic mass is 9.80. The molecule has 7 heteroatoms. The lowest BCUT2D eigenvalue weighted by Crippen LogP contribution is -2.60. The maximum atomic E-state index is 5.81. The molecule has 2 aliphatic carbocycles. The molecule has 0 spiro atoms. The molecule has 4 rings (SSSR count). The largest absolute Gasteiger partial charge is 0.477 e. The van der Waals surface area contributed by atoms with Crippen molar-refractivity contribution >= 4 is 5.96 Å². The minimum atomic E-state index is 0.222. The maximum Gasteiger partial charge on any atom is 0.213 e. The van der Waals surface area contributed by atoms with Crippen LogP contribution < -0.4 is 15.4 Å². The Bertz CT molecular complexity index is 695. The average Bonchev–Trinajstić information content (AvgIpc) is 3.64. The number of hydrogen-bond acceptors (Lipinski definition) is 5. The third-order valence-electron chi connectivity index (χ3n) is 6.70. The fraction of sp³-hybridized carbons (Fsp3) is 0.739. The third-order valence-corrected chi connectivity index (χ3v) is 6.70. The van der Waals surface area contributed by atoms with E-state index in [1.54, 1.807) is 0 Å². The molecule has 0 unspecified atom stereocenters. The molecule has 0 bridgehead atoms. The van der Waals surface area contributed by atoms with Crippen molar-refractivity contribution < 1.29 is 9.47 Å². The molecular formula is C23H37N5O2. The second kappa shape index (κ2) is 10.4. The molecular weight excluding hydrogens is 378 g/mol. The molecule has 7 nitrogen and oxygen atoms in total. The van der Waals surface area contributed by atoms with Gasteiger partial charge in [0.25, 0.3) is 0 Å². The monoisotopic (exact) mass is 415 g/mol. The molecule has 3 fully saturated rings. The van der Waals surface area contributed by atoms with Crippen LogP contribution in [0, 0.1) is 5.92 Å². The van der Waals surface area contributed by atoms with Crippen LogP contribution in [0.5, 0.6) is 5.88 Å². The number of rotatable bonds is 8. The first-order chi connectivity index (χ1) is 14.8. The number of guanidine groups is 1. The summed E-state index contributed by atoms with van der Waals surface area (Å²) in [6.07, 6.45) is 10.9. The first-order valence-electron chi connectivity index (χ1n) is 11.6.